The van der Waals surface area contributed by atoms with Crippen molar-refractivity contribution in [3.8, 4) is 0 Å². The van der Waals surface area contributed by atoms with E-state index in [2.05, 4.69) is 15.6 Å². The van der Waals surface area contributed by atoms with Crippen molar-refractivity contribution in [2.24, 2.45) is 0 Å². The van der Waals surface area contributed by atoms with Crippen LogP contribution in [0.25, 0.3) is 0 Å². The van der Waals surface area contributed by atoms with E-state index in [-0.39, 0.29) is 17.7 Å². The van der Waals surface area contributed by atoms with Crippen LogP contribution in [0, 0.1) is 0 Å². The molecule has 4 nitrogen and oxygen atoms in total. The van der Waals surface area contributed by atoms with Gasteiger partial charge in [0.2, 0.25) is 0 Å². The lowest BCUT2D eigenvalue weighted by Crippen LogP contribution is -2.23. The molecule has 0 aromatic carbocycles. The lowest BCUT2D eigenvalue weighted by molar-refractivity contribution is -0.137. The van der Waals surface area contributed by atoms with Crippen molar-refractivity contribution in [3.05, 3.63) is 17.7 Å². The van der Waals surface area contributed by atoms with E-state index in [0.717, 1.165) is 18.6 Å². The first kappa shape index (κ1) is 17.7. The summed E-state index contributed by atoms with van der Waals surface area (Å²) in [5.74, 6) is 0.649. The Bertz CT molecular complexity index is 494. The molecule has 1 heterocycles. The molecule has 2 N–H and O–H groups in total. The van der Waals surface area contributed by atoms with E-state index in [1.807, 2.05) is 6.92 Å². The van der Waals surface area contributed by atoms with Crippen molar-refractivity contribution >= 4 is 22.4 Å². The number of aromatic nitrogens is 1. The second-order valence-corrected chi connectivity index (χ2v) is 6.32. The van der Waals surface area contributed by atoms with E-state index < -0.39 is 22.5 Å². The highest BCUT2D eigenvalue weighted by molar-refractivity contribution is 7.84. The van der Waals surface area contributed by atoms with Crippen LogP contribution in [0.15, 0.2) is 12.1 Å². The van der Waals surface area contributed by atoms with Crippen LogP contribution in [0.5, 0.6) is 0 Å². The first-order valence-electron chi connectivity index (χ1n) is 6.62. The average molecular weight is 323 g/mol. The number of anilines is 2. The van der Waals surface area contributed by atoms with Gasteiger partial charge in [0.15, 0.2) is 0 Å². The molecule has 0 saturated carbocycles. The zero-order valence-electron chi connectivity index (χ0n) is 12.3. The van der Waals surface area contributed by atoms with Gasteiger partial charge in [-0.15, -0.1) is 0 Å². The van der Waals surface area contributed by atoms with Gasteiger partial charge in [-0.2, -0.15) is 13.2 Å². The smallest absolute Gasteiger partial charge is 0.370 e. The Morgan fingerprint density at radius 1 is 1.33 bits per heavy atom. The number of nitrogens with one attached hydrogen (secondary N) is 2. The van der Waals surface area contributed by atoms with Crippen LogP contribution >= 0.6 is 0 Å². The van der Waals surface area contributed by atoms with Crippen molar-refractivity contribution in [2.45, 2.75) is 32.5 Å². The molecule has 0 bridgehead atoms. The van der Waals surface area contributed by atoms with Gasteiger partial charge in [-0.3, -0.25) is 4.21 Å². The van der Waals surface area contributed by atoms with Crippen LogP contribution in [0.1, 0.15) is 25.8 Å². The Morgan fingerprint density at radius 2 is 1.95 bits per heavy atom. The largest absolute Gasteiger partial charge is 0.416 e. The molecular weight excluding hydrogens is 303 g/mol. The van der Waals surface area contributed by atoms with E-state index in [1.54, 1.807) is 13.2 Å². The predicted molar refractivity (Wildman–Crippen MR) is 80.0 cm³/mol. The monoisotopic (exact) mass is 323 g/mol. The van der Waals surface area contributed by atoms with E-state index in [0.29, 0.717) is 12.3 Å². The van der Waals surface area contributed by atoms with Crippen LogP contribution in [0.3, 0.4) is 0 Å². The van der Waals surface area contributed by atoms with Crippen molar-refractivity contribution in [1.29, 1.82) is 0 Å². The molecule has 1 aromatic heterocycles. The molecule has 0 amide bonds. The molecule has 8 heteroatoms. The summed E-state index contributed by atoms with van der Waals surface area (Å²) < 4.78 is 49.8. The van der Waals surface area contributed by atoms with Crippen molar-refractivity contribution in [1.82, 2.24) is 4.98 Å². The summed E-state index contributed by atoms with van der Waals surface area (Å²) in [4.78, 5) is 4.11. The highest BCUT2D eigenvalue weighted by Gasteiger charge is 2.31. The van der Waals surface area contributed by atoms with Crippen molar-refractivity contribution in [2.75, 3.05) is 29.2 Å². The zero-order valence-corrected chi connectivity index (χ0v) is 13.1. The van der Waals surface area contributed by atoms with Gasteiger partial charge in [0.1, 0.15) is 11.6 Å². The Hall–Kier alpha value is -1.31. The molecule has 0 saturated heterocycles. The van der Waals surface area contributed by atoms with E-state index in [1.165, 1.54) is 0 Å². The molecule has 0 aliphatic rings. The summed E-state index contributed by atoms with van der Waals surface area (Å²) >= 11 is 0. The summed E-state index contributed by atoms with van der Waals surface area (Å²) in [5.41, 5.74) is -0.761. The third-order valence-corrected chi connectivity index (χ3v) is 3.56. The van der Waals surface area contributed by atoms with E-state index in [4.69, 9.17) is 0 Å². The molecule has 0 aliphatic carbocycles. The fourth-order valence-corrected chi connectivity index (χ4v) is 2.55. The lowest BCUT2D eigenvalue weighted by atomic mass is 10.2. The fourth-order valence-electron chi connectivity index (χ4n) is 1.76. The van der Waals surface area contributed by atoms with Crippen LogP contribution in [-0.2, 0) is 17.0 Å². The second kappa shape index (κ2) is 7.63. The molecule has 2 atom stereocenters. The van der Waals surface area contributed by atoms with Gasteiger partial charge >= 0.3 is 6.18 Å². The Kier molecular flexibility index (Phi) is 6.44. The molecule has 120 valence electrons. The number of rotatable bonds is 7. The standard InChI is InChI=1S/C13H20F3N3OS/c1-4-5-17-11-6-10(13(14,15)16)7-12(19-11)18-9(2)8-21(3)20/h6-7,9H,4-5,8H2,1-3H3,(H2,17,18,19). The summed E-state index contributed by atoms with van der Waals surface area (Å²) in [5, 5.41) is 5.71. The van der Waals surface area contributed by atoms with Crippen LogP contribution in [0.2, 0.25) is 0 Å². The first-order chi connectivity index (χ1) is 9.72. The van der Waals surface area contributed by atoms with Gasteiger partial charge < -0.3 is 10.6 Å². The third kappa shape index (κ3) is 6.33. The lowest BCUT2D eigenvalue weighted by Gasteiger charge is -2.16. The Labute approximate surface area is 125 Å². The number of alkyl halides is 3. The highest BCUT2D eigenvalue weighted by Crippen LogP contribution is 2.32. The van der Waals surface area contributed by atoms with Gasteiger partial charge in [-0.25, -0.2) is 4.98 Å². The van der Waals surface area contributed by atoms with E-state index >= 15 is 0 Å². The van der Waals surface area contributed by atoms with Gasteiger partial charge in [-0.1, -0.05) is 6.92 Å². The molecule has 1 aromatic rings. The molecule has 0 radical (unpaired) electrons. The summed E-state index contributed by atoms with van der Waals surface area (Å²) in [6.45, 7) is 4.21. The number of pyridine rings is 1. The third-order valence-electron chi connectivity index (χ3n) is 2.59. The Balaban J connectivity index is 2.98. The summed E-state index contributed by atoms with van der Waals surface area (Å²) in [6.07, 6.45) is -2.10. The first-order valence-corrected chi connectivity index (χ1v) is 8.34. The summed E-state index contributed by atoms with van der Waals surface area (Å²) in [6, 6.07) is 1.72. The normalized spacial score (nSPS) is 14.6. The van der Waals surface area contributed by atoms with Crippen LogP contribution in [-0.4, -0.2) is 33.8 Å². The number of nitrogens with zero attached hydrogens (tertiary/aromatic N) is 1. The van der Waals surface area contributed by atoms with Gasteiger partial charge in [-0.05, 0) is 25.5 Å². The average Bonchev–Trinajstić information content (AvgIpc) is 2.33. The van der Waals surface area contributed by atoms with Gasteiger partial charge in [0.05, 0.1) is 5.56 Å². The predicted octanol–water partition coefficient (Wildman–Crippen LogP) is 3.10. The van der Waals surface area contributed by atoms with Crippen LogP contribution in [0.4, 0.5) is 24.8 Å². The molecule has 0 spiro atoms. The zero-order chi connectivity index (χ0) is 16.0. The fraction of sp³-hybridized carbons (Fsp3) is 0.615. The topological polar surface area (TPSA) is 54.0 Å². The highest BCUT2D eigenvalue weighted by atomic mass is 32.2. The van der Waals surface area contributed by atoms with Crippen molar-refractivity contribution in [3.63, 3.8) is 0 Å². The van der Waals surface area contributed by atoms with Crippen molar-refractivity contribution < 1.29 is 17.4 Å². The summed E-state index contributed by atoms with van der Waals surface area (Å²) in [7, 11) is -1.03. The maximum absolute atomic E-state index is 12.9. The number of hydrogen-bond acceptors (Lipinski definition) is 4. The Morgan fingerprint density at radius 3 is 2.48 bits per heavy atom. The quantitative estimate of drug-likeness (QED) is 0.809. The van der Waals surface area contributed by atoms with Crippen LogP contribution < -0.4 is 10.6 Å². The SMILES string of the molecule is CCCNc1cc(C(F)(F)F)cc(NC(C)CS(C)=O)n1. The minimum Gasteiger partial charge on any atom is -0.370 e. The van der Waals surface area contributed by atoms with Gasteiger partial charge in [0.25, 0.3) is 0 Å². The molecule has 0 fully saturated rings. The second-order valence-electron chi connectivity index (χ2n) is 4.84. The molecule has 2 unspecified atom stereocenters. The molecule has 1 rings (SSSR count). The maximum atomic E-state index is 12.9. The van der Waals surface area contributed by atoms with E-state index in [9.17, 15) is 17.4 Å². The van der Waals surface area contributed by atoms with Gasteiger partial charge in [0, 0.05) is 35.4 Å². The number of hydrogen-bond donors (Lipinski definition) is 2. The minimum atomic E-state index is -4.43. The number of halogens is 3. The minimum absolute atomic E-state index is 0.126. The molecule has 0 aliphatic heterocycles. The maximum Gasteiger partial charge on any atom is 0.416 e. The molecule has 21 heavy (non-hydrogen) atoms. The molecular formula is C13H20F3N3OS.